The van der Waals surface area contributed by atoms with Gasteiger partial charge in [0.25, 0.3) is 0 Å². The van der Waals surface area contributed by atoms with E-state index in [0.29, 0.717) is 224 Å². The summed E-state index contributed by atoms with van der Waals surface area (Å²) in [5.74, 6) is 0.266. The van der Waals surface area contributed by atoms with Gasteiger partial charge in [-0.15, -0.1) is 0 Å². The second kappa shape index (κ2) is 54.2. The highest BCUT2D eigenvalue weighted by atomic mass is 16.6. The minimum Gasteiger partial charge on any atom is -0.444 e. The van der Waals surface area contributed by atoms with E-state index in [1.165, 1.54) is 12.8 Å². The van der Waals surface area contributed by atoms with Crippen LogP contribution in [0.15, 0.2) is 0 Å². The number of rotatable bonds is 20. The van der Waals surface area contributed by atoms with Crippen molar-refractivity contribution < 1.29 is 85.5 Å². The third kappa shape index (κ3) is 46.9. The van der Waals surface area contributed by atoms with Crippen LogP contribution in [0.25, 0.3) is 0 Å². The maximum absolute atomic E-state index is 13.4. The highest BCUT2D eigenvalue weighted by Crippen LogP contribution is 2.15. The van der Waals surface area contributed by atoms with Crippen molar-refractivity contribution in [2.24, 2.45) is 0 Å². The molecule has 3 aliphatic heterocycles. The number of ether oxygens (including phenoxy) is 14. The number of carbonyl (C=O) groups excluding carboxylic acids is 4. The molecule has 0 spiro atoms. The Bertz CT molecular complexity index is 1570. The molecule has 3 saturated heterocycles. The number of unbranched alkanes of at least 4 members (excludes halogenated alkanes) is 12. The number of nitrogens with zero attached hydrogens (tertiary/aromatic N) is 6. The molecule has 0 N–H and O–H groups in total. The molecule has 3 aliphatic rings. The summed E-state index contributed by atoms with van der Waals surface area (Å²) in [6.45, 7) is 31.3. The van der Waals surface area contributed by atoms with Crippen molar-refractivity contribution in [2.45, 2.75) is 155 Å². The Morgan fingerprint density at radius 1 is 0.256 bits per heavy atom. The Balaban J connectivity index is 1.21. The fraction of sp³-hybridized carbons (Fsp3) is 0.939. The van der Waals surface area contributed by atoms with E-state index in [0.717, 1.165) is 116 Å². The van der Waals surface area contributed by atoms with E-state index in [2.05, 4.69) is 9.80 Å². The molecule has 4 amide bonds. The fourth-order valence-corrected chi connectivity index (χ4v) is 10.0. The van der Waals surface area contributed by atoms with Crippen LogP contribution >= 0.6 is 0 Å². The summed E-state index contributed by atoms with van der Waals surface area (Å²) >= 11 is 0. The van der Waals surface area contributed by atoms with Crippen molar-refractivity contribution in [3.05, 3.63) is 0 Å². The van der Waals surface area contributed by atoms with E-state index in [9.17, 15) is 19.2 Å². The molecule has 0 unspecified atom stereocenters. The summed E-state index contributed by atoms with van der Waals surface area (Å²) in [5, 5.41) is 0. The summed E-state index contributed by atoms with van der Waals surface area (Å²) in [6, 6.07) is 0. The zero-order valence-electron chi connectivity index (χ0n) is 57.2. The Morgan fingerprint density at radius 3 is 0.667 bits per heavy atom. The van der Waals surface area contributed by atoms with Gasteiger partial charge in [-0.3, -0.25) is 19.4 Å². The first-order chi connectivity index (χ1) is 43.7. The standard InChI is InChI=1S/C66H126N6O18/c1-65(2,3)89-63(75)71-33-45-85-53-49-77-37-25-67(26-38-78-50-54-86-46-34-71)23-19-15-11-7-9-13-17-21-61(73)69-29-41-81-57-59-83-43-31-70(32-44-84-60-58-82-42-30-69)62(74)22-18-14-10-8-12-16-20-24-68-27-39-79-51-55-87-47-35-72(64(76)90-66(4,5)6)36-48-88-56-52-80-40-28-68/h7-60H2,1-6H3. The van der Waals surface area contributed by atoms with Crippen LogP contribution in [0, 0.1) is 0 Å². The third-order valence-corrected chi connectivity index (χ3v) is 15.2. The molecule has 0 aromatic carbocycles. The SMILES string of the molecule is CC(C)(C)OC(=O)N1CCOCCOCCN(CCCCCCCCCC(=O)N2CCOCCOCCN(C(=O)CCCCCCCCCN3CCOCCOCCN(C(=O)OC(C)(C)C)CCOCCOCC3)CCOCCOCC2)CCOCCOCC1. The molecule has 24 heteroatoms. The monoisotopic (exact) mass is 1290 g/mol. The molecular weight excluding hydrogens is 1160 g/mol. The van der Waals surface area contributed by atoms with Crippen molar-refractivity contribution in [3.8, 4) is 0 Å². The average molecular weight is 1290 g/mol. The number of hydrogen-bond donors (Lipinski definition) is 0. The van der Waals surface area contributed by atoms with E-state index < -0.39 is 11.2 Å². The molecule has 0 aromatic heterocycles. The number of hydrogen-bond acceptors (Lipinski definition) is 20. The van der Waals surface area contributed by atoms with E-state index in [1.54, 1.807) is 9.80 Å². The second-order valence-electron chi connectivity index (χ2n) is 25.2. The van der Waals surface area contributed by atoms with Crippen LogP contribution in [-0.2, 0) is 75.9 Å². The minimum absolute atomic E-state index is 0.133. The summed E-state index contributed by atoms with van der Waals surface area (Å²) in [5.41, 5.74) is -1.15. The van der Waals surface area contributed by atoms with Gasteiger partial charge >= 0.3 is 12.2 Å². The van der Waals surface area contributed by atoms with Crippen LogP contribution in [0.3, 0.4) is 0 Å². The molecule has 24 nitrogen and oxygen atoms in total. The fourth-order valence-electron chi connectivity index (χ4n) is 10.0. The predicted octanol–water partition coefficient (Wildman–Crippen LogP) is 7.20. The summed E-state index contributed by atoms with van der Waals surface area (Å²) in [6.07, 6.45) is 15.4. The molecule has 0 saturated carbocycles. The first-order valence-electron chi connectivity index (χ1n) is 34.6. The van der Waals surface area contributed by atoms with Gasteiger partial charge in [0.05, 0.1) is 159 Å². The van der Waals surface area contributed by atoms with E-state index in [1.807, 2.05) is 51.3 Å². The zero-order valence-corrected chi connectivity index (χ0v) is 57.2. The van der Waals surface area contributed by atoms with Crippen molar-refractivity contribution in [3.63, 3.8) is 0 Å². The summed E-state index contributed by atoms with van der Waals surface area (Å²) < 4.78 is 81.4. The normalized spacial score (nSPS) is 20.3. The molecule has 0 atom stereocenters. The van der Waals surface area contributed by atoms with Crippen LogP contribution in [0.1, 0.15) is 144 Å². The lowest BCUT2D eigenvalue weighted by molar-refractivity contribution is -0.134. The van der Waals surface area contributed by atoms with Crippen LogP contribution in [0.5, 0.6) is 0 Å². The molecule has 528 valence electrons. The van der Waals surface area contributed by atoms with E-state index in [-0.39, 0.29) is 24.0 Å². The van der Waals surface area contributed by atoms with Crippen LogP contribution in [0.2, 0.25) is 0 Å². The van der Waals surface area contributed by atoms with Gasteiger partial charge in [0.15, 0.2) is 0 Å². The van der Waals surface area contributed by atoms with Gasteiger partial charge in [-0.25, -0.2) is 9.59 Å². The predicted molar refractivity (Wildman–Crippen MR) is 345 cm³/mol. The molecule has 90 heavy (non-hydrogen) atoms. The summed E-state index contributed by atoms with van der Waals surface area (Å²) in [7, 11) is 0. The molecule has 3 rings (SSSR count). The molecule has 3 fully saturated rings. The third-order valence-electron chi connectivity index (χ3n) is 15.2. The summed E-state index contributed by atoms with van der Waals surface area (Å²) in [4.78, 5) is 63.9. The second-order valence-corrected chi connectivity index (χ2v) is 25.2. The van der Waals surface area contributed by atoms with Gasteiger partial charge in [-0.05, 0) is 80.3 Å². The van der Waals surface area contributed by atoms with Crippen molar-refractivity contribution in [1.29, 1.82) is 0 Å². The molecule has 0 aromatic rings. The Labute approximate surface area is 542 Å². The Hall–Kier alpha value is -3.08. The first-order valence-corrected chi connectivity index (χ1v) is 34.6. The van der Waals surface area contributed by atoms with Gasteiger partial charge < -0.3 is 85.9 Å². The van der Waals surface area contributed by atoms with Crippen molar-refractivity contribution in [1.82, 2.24) is 29.4 Å². The van der Waals surface area contributed by atoms with E-state index >= 15 is 0 Å². The van der Waals surface area contributed by atoms with Crippen LogP contribution in [-0.4, -0.2) is 315 Å². The topological polar surface area (TPSA) is 217 Å². The smallest absolute Gasteiger partial charge is 0.410 e. The first kappa shape index (κ1) is 81.2. The largest absolute Gasteiger partial charge is 0.444 e. The lowest BCUT2D eigenvalue weighted by atomic mass is 10.1. The molecule has 0 radical (unpaired) electrons. The van der Waals surface area contributed by atoms with Gasteiger partial charge in [0.1, 0.15) is 11.2 Å². The zero-order chi connectivity index (χ0) is 64.9. The van der Waals surface area contributed by atoms with Gasteiger partial charge in [0, 0.05) is 91.4 Å². The van der Waals surface area contributed by atoms with Crippen molar-refractivity contribution in [2.75, 3.05) is 250 Å². The maximum atomic E-state index is 13.4. The van der Waals surface area contributed by atoms with Gasteiger partial charge in [-0.2, -0.15) is 0 Å². The maximum Gasteiger partial charge on any atom is 0.410 e. The Kier molecular flexibility index (Phi) is 48.9. The Morgan fingerprint density at radius 2 is 0.444 bits per heavy atom. The lowest BCUT2D eigenvalue weighted by Gasteiger charge is -2.27. The molecular formula is C66H126N6O18. The van der Waals surface area contributed by atoms with Crippen LogP contribution in [0.4, 0.5) is 9.59 Å². The quantitative estimate of drug-likeness (QED) is 0.110. The average Bonchev–Trinajstić information content (AvgIpc) is 3.53. The molecule has 0 aliphatic carbocycles. The molecule has 0 bridgehead atoms. The molecule has 3 heterocycles. The highest BCUT2D eigenvalue weighted by Gasteiger charge is 2.24. The number of amides is 4. The van der Waals surface area contributed by atoms with E-state index in [4.69, 9.17) is 66.3 Å². The van der Waals surface area contributed by atoms with Crippen LogP contribution < -0.4 is 0 Å². The highest BCUT2D eigenvalue weighted by molar-refractivity contribution is 5.76. The van der Waals surface area contributed by atoms with Crippen molar-refractivity contribution >= 4 is 24.0 Å². The minimum atomic E-state index is -0.575. The van der Waals surface area contributed by atoms with Gasteiger partial charge in [0.2, 0.25) is 11.8 Å². The lowest BCUT2D eigenvalue weighted by Crippen LogP contribution is -2.40. The van der Waals surface area contributed by atoms with Gasteiger partial charge in [-0.1, -0.05) is 64.2 Å². The number of carbonyl (C=O) groups is 4.